The minimum atomic E-state index is -0.0897. The van der Waals surface area contributed by atoms with Gasteiger partial charge in [0.25, 0.3) is 0 Å². The van der Waals surface area contributed by atoms with Crippen molar-refractivity contribution in [3.05, 3.63) is 0 Å². The molecule has 2 heterocycles. The van der Waals surface area contributed by atoms with E-state index in [1.165, 1.54) is 19.3 Å². The van der Waals surface area contributed by atoms with Crippen LogP contribution in [0, 0.1) is 5.92 Å². The van der Waals surface area contributed by atoms with E-state index in [4.69, 9.17) is 9.47 Å². The topological polar surface area (TPSA) is 50.7 Å². The van der Waals surface area contributed by atoms with Gasteiger partial charge in [0.1, 0.15) is 0 Å². The molecule has 116 valence electrons. The molecular formula is C16H29NO3. The fourth-order valence-electron chi connectivity index (χ4n) is 4.04. The van der Waals surface area contributed by atoms with Crippen molar-refractivity contribution in [3.63, 3.8) is 0 Å². The average molecular weight is 283 g/mol. The van der Waals surface area contributed by atoms with Crippen LogP contribution in [0.5, 0.6) is 0 Å². The van der Waals surface area contributed by atoms with E-state index in [0.717, 1.165) is 58.5 Å². The van der Waals surface area contributed by atoms with Crippen molar-refractivity contribution in [2.45, 2.75) is 69.1 Å². The van der Waals surface area contributed by atoms with Crippen molar-refractivity contribution >= 4 is 0 Å². The SMILES string of the molecule is OC1CCCCC1CNC1CCOC2(CCOCC2)C1. The van der Waals surface area contributed by atoms with Gasteiger partial charge in [0, 0.05) is 32.4 Å². The Hall–Kier alpha value is -0.160. The zero-order chi connectivity index (χ0) is 13.8. The van der Waals surface area contributed by atoms with Gasteiger partial charge in [-0.1, -0.05) is 12.8 Å². The number of aliphatic hydroxyl groups excluding tert-OH is 1. The van der Waals surface area contributed by atoms with Crippen LogP contribution in [-0.2, 0) is 9.47 Å². The summed E-state index contributed by atoms with van der Waals surface area (Å²) in [6, 6.07) is 0.552. The first kappa shape index (κ1) is 14.8. The number of hydrogen-bond acceptors (Lipinski definition) is 4. The molecule has 4 nitrogen and oxygen atoms in total. The van der Waals surface area contributed by atoms with Gasteiger partial charge in [0.05, 0.1) is 11.7 Å². The first-order chi connectivity index (χ1) is 9.77. The van der Waals surface area contributed by atoms with Gasteiger partial charge in [0.15, 0.2) is 0 Å². The molecule has 0 aromatic heterocycles. The van der Waals surface area contributed by atoms with E-state index in [2.05, 4.69) is 5.32 Å². The second-order valence-electron chi connectivity index (χ2n) is 6.85. The molecular weight excluding hydrogens is 254 g/mol. The number of aliphatic hydroxyl groups is 1. The number of ether oxygens (including phenoxy) is 2. The Morgan fingerprint density at radius 3 is 2.65 bits per heavy atom. The molecule has 0 amide bonds. The third-order valence-electron chi connectivity index (χ3n) is 5.43. The summed E-state index contributed by atoms with van der Waals surface area (Å²) >= 11 is 0. The molecule has 2 aliphatic heterocycles. The van der Waals surface area contributed by atoms with Crippen LogP contribution in [0.25, 0.3) is 0 Å². The number of nitrogens with one attached hydrogen (secondary N) is 1. The summed E-state index contributed by atoms with van der Waals surface area (Å²) < 4.78 is 11.5. The van der Waals surface area contributed by atoms with Crippen LogP contribution >= 0.6 is 0 Å². The summed E-state index contributed by atoms with van der Waals surface area (Å²) in [7, 11) is 0. The molecule has 0 radical (unpaired) electrons. The highest BCUT2D eigenvalue weighted by atomic mass is 16.5. The van der Waals surface area contributed by atoms with Gasteiger partial charge in [-0.05, 0) is 44.4 Å². The van der Waals surface area contributed by atoms with E-state index in [9.17, 15) is 5.11 Å². The summed E-state index contributed by atoms with van der Waals surface area (Å²) in [6.07, 6.45) is 8.83. The molecule has 3 rings (SSSR count). The van der Waals surface area contributed by atoms with Crippen LogP contribution < -0.4 is 5.32 Å². The van der Waals surface area contributed by atoms with Crippen LogP contribution in [0.3, 0.4) is 0 Å². The molecule has 20 heavy (non-hydrogen) atoms. The van der Waals surface area contributed by atoms with Crippen molar-refractivity contribution in [2.24, 2.45) is 5.92 Å². The summed E-state index contributed by atoms with van der Waals surface area (Å²) in [5.41, 5.74) is 0.0688. The van der Waals surface area contributed by atoms with Crippen LogP contribution in [0.4, 0.5) is 0 Å². The normalized spacial score (nSPS) is 38.0. The summed E-state index contributed by atoms with van der Waals surface area (Å²) in [6.45, 7) is 3.52. The van der Waals surface area contributed by atoms with Crippen molar-refractivity contribution in [2.75, 3.05) is 26.4 Å². The lowest BCUT2D eigenvalue weighted by molar-refractivity contribution is -0.140. The Bertz CT molecular complexity index is 299. The van der Waals surface area contributed by atoms with Crippen LogP contribution in [0.1, 0.15) is 51.4 Å². The Morgan fingerprint density at radius 1 is 1.05 bits per heavy atom. The molecule has 3 aliphatic rings. The van der Waals surface area contributed by atoms with Crippen molar-refractivity contribution < 1.29 is 14.6 Å². The highest BCUT2D eigenvalue weighted by Gasteiger charge is 2.39. The molecule has 2 N–H and O–H groups in total. The second-order valence-corrected chi connectivity index (χ2v) is 6.85. The first-order valence-electron chi connectivity index (χ1n) is 8.41. The quantitative estimate of drug-likeness (QED) is 0.830. The van der Waals surface area contributed by atoms with Gasteiger partial charge in [-0.2, -0.15) is 0 Å². The lowest BCUT2D eigenvalue weighted by Gasteiger charge is -2.44. The maximum Gasteiger partial charge on any atom is 0.0741 e. The Morgan fingerprint density at radius 2 is 1.85 bits per heavy atom. The zero-order valence-corrected chi connectivity index (χ0v) is 12.5. The van der Waals surface area contributed by atoms with Gasteiger partial charge < -0.3 is 19.9 Å². The molecule has 0 aromatic rings. The molecule has 3 unspecified atom stereocenters. The molecule has 3 atom stereocenters. The standard InChI is InChI=1S/C16H29NO3/c18-15-4-2-1-3-13(15)12-17-14-5-8-20-16(11-14)6-9-19-10-7-16/h13-15,17-18H,1-12H2. The highest BCUT2D eigenvalue weighted by molar-refractivity contribution is 4.92. The number of rotatable bonds is 3. The Labute approximate surface area is 122 Å². The molecule has 2 saturated heterocycles. The lowest BCUT2D eigenvalue weighted by Crippen LogP contribution is -2.51. The van der Waals surface area contributed by atoms with Gasteiger partial charge in [-0.15, -0.1) is 0 Å². The molecule has 0 aromatic carbocycles. The van der Waals surface area contributed by atoms with Crippen molar-refractivity contribution in [1.82, 2.24) is 5.32 Å². The van der Waals surface area contributed by atoms with E-state index in [-0.39, 0.29) is 11.7 Å². The Balaban J connectivity index is 1.47. The van der Waals surface area contributed by atoms with Crippen molar-refractivity contribution in [3.8, 4) is 0 Å². The minimum absolute atomic E-state index is 0.0688. The highest BCUT2D eigenvalue weighted by Crippen LogP contribution is 2.34. The average Bonchev–Trinajstić information content (AvgIpc) is 2.47. The fourth-order valence-corrected chi connectivity index (χ4v) is 4.04. The first-order valence-corrected chi connectivity index (χ1v) is 8.41. The summed E-state index contributed by atoms with van der Waals surface area (Å²) in [4.78, 5) is 0. The summed E-state index contributed by atoms with van der Waals surface area (Å²) in [5.74, 6) is 0.456. The van der Waals surface area contributed by atoms with Gasteiger partial charge in [-0.3, -0.25) is 0 Å². The maximum absolute atomic E-state index is 10.1. The molecule has 0 bridgehead atoms. The molecule has 1 aliphatic carbocycles. The van der Waals surface area contributed by atoms with E-state index >= 15 is 0 Å². The van der Waals surface area contributed by atoms with Gasteiger partial charge >= 0.3 is 0 Å². The summed E-state index contributed by atoms with van der Waals surface area (Å²) in [5, 5.41) is 13.8. The van der Waals surface area contributed by atoms with Crippen LogP contribution in [0.2, 0.25) is 0 Å². The fraction of sp³-hybridized carbons (Fsp3) is 1.00. The maximum atomic E-state index is 10.1. The molecule has 3 fully saturated rings. The predicted molar refractivity (Wildman–Crippen MR) is 77.7 cm³/mol. The lowest BCUT2D eigenvalue weighted by atomic mass is 9.83. The van der Waals surface area contributed by atoms with Crippen LogP contribution in [-0.4, -0.2) is 49.2 Å². The molecule has 1 saturated carbocycles. The van der Waals surface area contributed by atoms with E-state index in [0.29, 0.717) is 12.0 Å². The Kier molecular flexibility index (Phi) is 4.97. The largest absolute Gasteiger partial charge is 0.393 e. The van der Waals surface area contributed by atoms with E-state index in [1.807, 2.05) is 0 Å². The van der Waals surface area contributed by atoms with Gasteiger partial charge in [0.2, 0.25) is 0 Å². The second kappa shape index (κ2) is 6.73. The van der Waals surface area contributed by atoms with E-state index < -0.39 is 0 Å². The molecule has 1 spiro atoms. The van der Waals surface area contributed by atoms with E-state index in [1.54, 1.807) is 0 Å². The number of hydrogen-bond donors (Lipinski definition) is 2. The minimum Gasteiger partial charge on any atom is -0.393 e. The molecule has 4 heteroatoms. The van der Waals surface area contributed by atoms with Crippen LogP contribution in [0.15, 0.2) is 0 Å². The third kappa shape index (κ3) is 3.53. The van der Waals surface area contributed by atoms with Gasteiger partial charge in [-0.25, -0.2) is 0 Å². The van der Waals surface area contributed by atoms with Crippen molar-refractivity contribution in [1.29, 1.82) is 0 Å². The third-order valence-corrected chi connectivity index (χ3v) is 5.43. The zero-order valence-electron chi connectivity index (χ0n) is 12.5. The smallest absolute Gasteiger partial charge is 0.0741 e. The predicted octanol–water partition coefficient (Wildman–Crippen LogP) is 1.86. The monoisotopic (exact) mass is 283 g/mol.